The normalized spacial score (nSPS) is 13.0. The first-order chi connectivity index (χ1) is 14.7. The van der Waals surface area contributed by atoms with Crippen molar-refractivity contribution >= 4 is 12.1 Å². The minimum atomic E-state index is -0.348. The van der Waals surface area contributed by atoms with Gasteiger partial charge in [-0.05, 0) is 64.6 Å². The Morgan fingerprint density at radius 3 is 2.87 bits per heavy atom. The molecule has 0 aliphatic carbocycles. The van der Waals surface area contributed by atoms with Gasteiger partial charge in [0.15, 0.2) is 0 Å². The van der Waals surface area contributed by atoms with Crippen molar-refractivity contribution < 1.29 is 14.6 Å². The molecule has 0 saturated carbocycles. The van der Waals surface area contributed by atoms with Crippen LogP contribution < -0.4 is 10.1 Å². The molecule has 0 bridgehead atoms. The number of amides is 1. The van der Waals surface area contributed by atoms with Crippen molar-refractivity contribution in [3.8, 4) is 16.9 Å². The molecule has 2 N–H and O–H groups in total. The molecule has 30 heavy (non-hydrogen) atoms. The van der Waals surface area contributed by atoms with E-state index in [4.69, 9.17) is 4.74 Å². The van der Waals surface area contributed by atoms with Gasteiger partial charge in [-0.25, -0.2) is 0 Å². The van der Waals surface area contributed by atoms with Crippen LogP contribution in [0.2, 0.25) is 0 Å². The van der Waals surface area contributed by atoms with Gasteiger partial charge in [0.25, 0.3) is 5.91 Å². The Bertz CT molecular complexity index is 1090. The van der Waals surface area contributed by atoms with Crippen LogP contribution in [0.3, 0.4) is 0 Å². The number of aliphatic hydroxyl groups excluding tert-OH is 1. The third-order valence-corrected chi connectivity index (χ3v) is 5.18. The van der Waals surface area contributed by atoms with E-state index in [1.165, 1.54) is 5.56 Å². The Morgan fingerprint density at radius 1 is 1.17 bits per heavy atom. The van der Waals surface area contributed by atoms with Crippen molar-refractivity contribution in [3.63, 3.8) is 0 Å². The van der Waals surface area contributed by atoms with Crippen LogP contribution in [0.25, 0.3) is 11.1 Å². The predicted molar refractivity (Wildman–Crippen MR) is 116 cm³/mol. The van der Waals surface area contributed by atoms with E-state index in [2.05, 4.69) is 27.4 Å². The van der Waals surface area contributed by atoms with Gasteiger partial charge in [0.2, 0.25) is 0 Å². The highest BCUT2D eigenvalue weighted by atomic mass is 16.5. The third kappa shape index (κ3) is 4.23. The molecule has 1 unspecified atom stereocenters. The minimum absolute atomic E-state index is 0.0493. The molecule has 152 valence electrons. The quantitative estimate of drug-likeness (QED) is 0.634. The van der Waals surface area contributed by atoms with E-state index < -0.39 is 0 Å². The van der Waals surface area contributed by atoms with Crippen molar-refractivity contribution in [3.05, 3.63) is 83.2 Å². The van der Waals surface area contributed by atoms with E-state index in [0.29, 0.717) is 17.9 Å². The van der Waals surface area contributed by atoms with Crippen LogP contribution in [0.15, 0.2) is 65.8 Å². The number of nitrogens with zero attached hydrogens (tertiary/aromatic N) is 2. The van der Waals surface area contributed by atoms with Crippen LogP contribution in [0.4, 0.5) is 0 Å². The van der Waals surface area contributed by atoms with Gasteiger partial charge >= 0.3 is 0 Å². The molecule has 1 atom stereocenters. The van der Waals surface area contributed by atoms with Crippen LogP contribution in [-0.2, 0) is 6.54 Å². The van der Waals surface area contributed by atoms with Crippen LogP contribution in [0.1, 0.15) is 39.6 Å². The lowest BCUT2D eigenvalue weighted by Crippen LogP contribution is -2.30. The highest BCUT2D eigenvalue weighted by Crippen LogP contribution is 2.26. The molecule has 0 saturated heterocycles. The number of rotatable bonds is 7. The van der Waals surface area contributed by atoms with Crippen LogP contribution in [0.5, 0.6) is 5.75 Å². The van der Waals surface area contributed by atoms with Gasteiger partial charge in [-0.15, -0.1) is 0 Å². The van der Waals surface area contributed by atoms with Crippen LogP contribution in [0, 0.1) is 0 Å². The highest BCUT2D eigenvalue weighted by Gasteiger charge is 2.18. The number of carbonyl (C=O) groups is 1. The lowest BCUT2D eigenvalue weighted by Gasteiger charge is -2.19. The Labute approximate surface area is 175 Å². The summed E-state index contributed by atoms with van der Waals surface area (Å²) >= 11 is 0. The first kappa shape index (κ1) is 19.8. The molecule has 6 nitrogen and oxygen atoms in total. The molecule has 1 amide bonds. The number of hydrogen-bond donors (Lipinski definition) is 2. The van der Waals surface area contributed by atoms with Crippen molar-refractivity contribution in [1.29, 1.82) is 0 Å². The summed E-state index contributed by atoms with van der Waals surface area (Å²) in [6.45, 7) is 0.669. The average molecular weight is 401 g/mol. The topological polar surface area (TPSA) is 83.8 Å². The SMILES string of the molecule is COc1cccc(C(CCO)NC(=O)c2cc(-c3ccc4c(c3)C=NC4)ccn2)c1. The molecule has 1 aliphatic heterocycles. The summed E-state index contributed by atoms with van der Waals surface area (Å²) in [5, 5.41) is 12.5. The zero-order chi connectivity index (χ0) is 20.9. The number of fused-ring (bicyclic) bond motifs is 1. The van der Waals surface area contributed by atoms with Gasteiger partial charge in [0.1, 0.15) is 11.4 Å². The summed E-state index contributed by atoms with van der Waals surface area (Å²) in [6.07, 6.45) is 3.90. The third-order valence-electron chi connectivity index (χ3n) is 5.18. The standard InChI is InChI=1S/C24H23N3O3/c1-30-21-4-2-3-18(12-21)22(8-10-28)27-24(29)23-13-17(7-9-26-23)16-5-6-19-14-25-15-20(19)11-16/h2-7,9,11-13,15,22,28H,8,10,14H2,1H3,(H,27,29). The molecule has 0 fully saturated rings. The second-order valence-electron chi connectivity index (χ2n) is 7.13. The summed E-state index contributed by atoms with van der Waals surface area (Å²) in [5.74, 6) is 0.408. The summed E-state index contributed by atoms with van der Waals surface area (Å²) in [7, 11) is 1.60. The second-order valence-corrected chi connectivity index (χ2v) is 7.13. The number of hydrogen-bond acceptors (Lipinski definition) is 5. The fourth-order valence-electron chi connectivity index (χ4n) is 3.56. The summed E-state index contributed by atoms with van der Waals surface area (Å²) in [4.78, 5) is 21.5. The molecular formula is C24H23N3O3. The number of pyridine rings is 1. The van der Waals surface area contributed by atoms with Gasteiger partial charge in [0, 0.05) is 19.0 Å². The van der Waals surface area contributed by atoms with Gasteiger partial charge < -0.3 is 15.2 Å². The Balaban J connectivity index is 1.56. The van der Waals surface area contributed by atoms with Crippen molar-refractivity contribution in [2.45, 2.75) is 19.0 Å². The largest absolute Gasteiger partial charge is 0.497 e. The maximum Gasteiger partial charge on any atom is 0.270 e. The summed E-state index contributed by atoms with van der Waals surface area (Å²) in [5.41, 5.74) is 5.43. The first-order valence-corrected chi connectivity index (χ1v) is 9.83. The maximum atomic E-state index is 12.9. The number of ether oxygens (including phenoxy) is 1. The van der Waals surface area contributed by atoms with E-state index >= 15 is 0 Å². The summed E-state index contributed by atoms with van der Waals surface area (Å²) < 4.78 is 5.27. The zero-order valence-electron chi connectivity index (χ0n) is 16.7. The van der Waals surface area contributed by atoms with Crippen LogP contribution >= 0.6 is 0 Å². The van der Waals surface area contributed by atoms with E-state index in [1.807, 2.05) is 42.6 Å². The molecule has 4 rings (SSSR count). The second kappa shape index (κ2) is 8.88. The summed E-state index contributed by atoms with van der Waals surface area (Å²) in [6, 6.07) is 17.0. The van der Waals surface area contributed by atoms with E-state index in [9.17, 15) is 9.90 Å². The molecule has 1 aliphatic rings. The zero-order valence-corrected chi connectivity index (χ0v) is 16.7. The van der Waals surface area contributed by atoms with Gasteiger partial charge in [-0.3, -0.25) is 14.8 Å². The highest BCUT2D eigenvalue weighted by molar-refractivity contribution is 5.94. The average Bonchev–Trinajstić information content (AvgIpc) is 3.27. The molecule has 2 aromatic carbocycles. The molecule has 1 aromatic heterocycles. The minimum Gasteiger partial charge on any atom is -0.497 e. The fraction of sp³-hybridized carbons (Fsp3) is 0.208. The Hall–Kier alpha value is -3.51. The van der Waals surface area contributed by atoms with E-state index in [1.54, 1.807) is 19.4 Å². The number of benzene rings is 2. The lowest BCUT2D eigenvalue weighted by molar-refractivity contribution is 0.0925. The molecule has 6 heteroatoms. The number of nitrogens with one attached hydrogen (secondary N) is 1. The van der Waals surface area contributed by atoms with Gasteiger partial charge in [-0.2, -0.15) is 0 Å². The van der Waals surface area contributed by atoms with Crippen molar-refractivity contribution in [2.75, 3.05) is 13.7 Å². The predicted octanol–water partition coefficient (Wildman–Crippen LogP) is 3.54. The smallest absolute Gasteiger partial charge is 0.270 e. The van der Waals surface area contributed by atoms with Gasteiger partial charge in [0.05, 0.1) is 19.7 Å². The van der Waals surface area contributed by atoms with E-state index in [0.717, 1.165) is 28.8 Å². The number of aromatic nitrogens is 1. The first-order valence-electron chi connectivity index (χ1n) is 9.83. The molecule has 0 spiro atoms. The number of aliphatic imine (C=N–C) groups is 1. The van der Waals surface area contributed by atoms with Gasteiger partial charge in [-0.1, -0.05) is 24.3 Å². The number of methoxy groups -OCH3 is 1. The maximum absolute atomic E-state index is 12.9. The molecule has 3 aromatic rings. The van der Waals surface area contributed by atoms with Crippen LogP contribution in [-0.4, -0.2) is 35.9 Å². The fourth-order valence-corrected chi connectivity index (χ4v) is 3.56. The van der Waals surface area contributed by atoms with E-state index in [-0.39, 0.29) is 18.6 Å². The Morgan fingerprint density at radius 2 is 2.03 bits per heavy atom. The van der Waals surface area contributed by atoms with Crippen molar-refractivity contribution in [1.82, 2.24) is 10.3 Å². The monoisotopic (exact) mass is 401 g/mol. The molecular weight excluding hydrogens is 378 g/mol. The number of carbonyl (C=O) groups excluding carboxylic acids is 1. The lowest BCUT2D eigenvalue weighted by atomic mass is 10.0. The molecule has 2 heterocycles. The Kier molecular flexibility index (Phi) is 5.86. The molecule has 0 radical (unpaired) electrons. The number of aliphatic hydroxyl groups is 1. The van der Waals surface area contributed by atoms with Crippen molar-refractivity contribution in [2.24, 2.45) is 4.99 Å².